The van der Waals surface area contributed by atoms with E-state index in [0.29, 0.717) is 13.0 Å². The van der Waals surface area contributed by atoms with E-state index < -0.39 is 12.7 Å². The summed E-state index contributed by atoms with van der Waals surface area (Å²) < 4.78 is 18.9. The molecule has 2 heteroatoms. The SMILES string of the molecule is [2H]C1CC([2H])(O)CCO1. The van der Waals surface area contributed by atoms with E-state index in [4.69, 9.17) is 12.6 Å². The average molecular weight is 104 g/mol. The Kier molecular flexibility index (Phi) is 0.995. The predicted octanol–water partition coefficient (Wildman–Crippen LogP) is 0.158. The summed E-state index contributed by atoms with van der Waals surface area (Å²) in [5.74, 6) is 0. The van der Waals surface area contributed by atoms with Gasteiger partial charge in [0.25, 0.3) is 0 Å². The molecule has 1 aliphatic heterocycles. The summed E-state index contributed by atoms with van der Waals surface area (Å²) in [4.78, 5) is 0. The maximum absolute atomic E-state index is 9.01. The highest BCUT2D eigenvalue weighted by atomic mass is 16.5. The Hall–Kier alpha value is -0.0800. The molecule has 0 aromatic carbocycles. The highest BCUT2D eigenvalue weighted by Crippen LogP contribution is 2.03. The number of rotatable bonds is 0. The number of hydrogen-bond donors (Lipinski definition) is 1. The van der Waals surface area contributed by atoms with Crippen LogP contribution in [0, 0.1) is 0 Å². The summed E-state index contributed by atoms with van der Waals surface area (Å²) in [6, 6.07) is 0. The largest absolute Gasteiger partial charge is 0.393 e. The Bertz CT molecular complexity index is 105. The van der Waals surface area contributed by atoms with Crippen LogP contribution >= 0.6 is 0 Å². The maximum atomic E-state index is 9.01. The van der Waals surface area contributed by atoms with E-state index in [-0.39, 0.29) is 6.42 Å². The van der Waals surface area contributed by atoms with Crippen molar-refractivity contribution < 1.29 is 12.6 Å². The van der Waals surface area contributed by atoms with E-state index in [2.05, 4.69) is 0 Å². The number of hydrogen-bond acceptors (Lipinski definition) is 2. The molecule has 1 rings (SSSR count). The van der Waals surface area contributed by atoms with E-state index >= 15 is 0 Å². The molecule has 0 aromatic heterocycles. The van der Waals surface area contributed by atoms with Crippen LogP contribution in [0.1, 0.15) is 15.6 Å². The van der Waals surface area contributed by atoms with Crippen LogP contribution in [0.25, 0.3) is 0 Å². The Morgan fingerprint density at radius 1 is 1.86 bits per heavy atom. The molecule has 7 heavy (non-hydrogen) atoms. The summed E-state index contributed by atoms with van der Waals surface area (Å²) in [6.45, 7) is -0.380. The van der Waals surface area contributed by atoms with E-state index in [1.165, 1.54) is 0 Å². The number of ether oxygens (including phenoxy) is 1. The van der Waals surface area contributed by atoms with Crippen LogP contribution in [0.4, 0.5) is 0 Å². The van der Waals surface area contributed by atoms with Crippen LogP contribution in [-0.4, -0.2) is 24.4 Å². The molecule has 1 heterocycles. The van der Waals surface area contributed by atoms with Gasteiger partial charge >= 0.3 is 0 Å². The van der Waals surface area contributed by atoms with Gasteiger partial charge in [0.15, 0.2) is 0 Å². The Morgan fingerprint density at radius 2 is 2.71 bits per heavy atom. The van der Waals surface area contributed by atoms with Crippen molar-refractivity contribution in [2.45, 2.75) is 18.9 Å². The van der Waals surface area contributed by atoms with Crippen molar-refractivity contribution in [1.29, 1.82) is 0 Å². The highest BCUT2D eigenvalue weighted by molar-refractivity contribution is 4.58. The lowest BCUT2D eigenvalue weighted by Gasteiger charge is -2.15. The standard InChI is InChI=1S/C5H10O2/c6-5-1-3-7-4-2-5/h5-6H,1-4H2/i3D,5D. The van der Waals surface area contributed by atoms with Crippen molar-refractivity contribution in [1.82, 2.24) is 0 Å². The van der Waals surface area contributed by atoms with Gasteiger partial charge in [0, 0.05) is 13.2 Å². The topological polar surface area (TPSA) is 29.5 Å². The minimum Gasteiger partial charge on any atom is -0.393 e. The molecular weight excluding hydrogens is 92.1 g/mol. The molecule has 1 aliphatic rings. The third-order valence-corrected chi connectivity index (χ3v) is 0.945. The van der Waals surface area contributed by atoms with Crippen LogP contribution in [0.3, 0.4) is 0 Å². The molecule has 2 atom stereocenters. The predicted molar refractivity (Wildman–Crippen MR) is 26.1 cm³/mol. The molecule has 1 fully saturated rings. The van der Waals surface area contributed by atoms with Gasteiger partial charge in [-0.15, -0.1) is 0 Å². The van der Waals surface area contributed by atoms with Gasteiger partial charge in [0.1, 0.15) is 0 Å². The second-order valence-electron chi connectivity index (χ2n) is 1.56. The molecule has 0 aliphatic carbocycles. The average Bonchev–Trinajstić information content (AvgIpc) is 1.60. The third kappa shape index (κ3) is 1.45. The maximum Gasteiger partial charge on any atom is 0.0602 e. The molecule has 0 amide bonds. The normalized spacial score (nSPS) is 58.1. The van der Waals surface area contributed by atoms with Crippen LogP contribution in [0.5, 0.6) is 0 Å². The van der Waals surface area contributed by atoms with Gasteiger partial charge in [0.2, 0.25) is 0 Å². The first-order chi connectivity index (χ1) is 4.10. The fourth-order valence-corrected chi connectivity index (χ4v) is 0.517. The van der Waals surface area contributed by atoms with Gasteiger partial charge in [-0.25, -0.2) is 0 Å². The molecule has 0 radical (unpaired) electrons. The van der Waals surface area contributed by atoms with Crippen molar-refractivity contribution in [3.63, 3.8) is 0 Å². The van der Waals surface area contributed by atoms with Crippen molar-refractivity contribution >= 4 is 0 Å². The minimum absolute atomic E-state index is 0.104. The molecule has 0 spiro atoms. The molecule has 2 nitrogen and oxygen atoms in total. The lowest BCUT2D eigenvalue weighted by atomic mass is 10.2. The van der Waals surface area contributed by atoms with Crippen LogP contribution in [0.15, 0.2) is 0 Å². The first-order valence-corrected chi connectivity index (χ1v) is 2.36. The second kappa shape index (κ2) is 2.28. The van der Waals surface area contributed by atoms with E-state index in [1.807, 2.05) is 0 Å². The molecule has 1 N–H and O–H groups in total. The lowest BCUT2D eigenvalue weighted by Crippen LogP contribution is -2.19. The molecular formula is C5H10O2. The van der Waals surface area contributed by atoms with Gasteiger partial charge < -0.3 is 9.84 Å². The quantitative estimate of drug-likeness (QED) is 0.474. The first kappa shape index (κ1) is 3.05. The van der Waals surface area contributed by atoms with Gasteiger partial charge in [-0.2, -0.15) is 0 Å². The summed E-state index contributed by atoms with van der Waals surface area (Å²) in [6.07, 6.45) is -0.986. The fourth-order valence-electron chi connectivity index (χ4n) is 0.517. The van der Waals surface area contributed by atoms with Gasteiger partial charge in [-0.05, 0) is 12.8 Å². The van der Waals surface area contributed by atoms with Crippen molar-refractivity contribution in [3.8, 4) is 0 Å². The smallest absolute Gasteiger partial charge is 0.0602 e. The Morgan fingerprint density at radius 3 is 3.14 bits per heavy atom. The molecule has 42 valence electrons. The van der Waals surface area contributed by atoms with Crippen LogP contribution in [-0.2, 0) is 4.74 Å². The third-order valence-electron chi connectivity index (χ3n) is 0.945. The van der Waals surface area contributed by atoms with Crippen molar-refractivity contribution in [2.75, 3.05) is 13.2 Å². The van der Waals surface area contributed by atoms with Gasteiger partial charge in [0.05, 0.1) is 8.82 Å². The summed E-state index contributed by atoms with van der Waals surface area (Å²) in [5, 5.41) is 9.01. The zero-order valence-electron chi connectivity index (χ0n) is 6.05. The molecule has 0 saturated carbocycles. The molecule has 0 aromatic rings. The summed E-state index contributed by atoms with van der Waals surface area (Å²) in [7, 11) is 0. The molecule has 2 unspecified atom stereocenters. The van der Waals surface area contributed by atoms with Gasteiger partial charge in [-0.3, -0.25) is 0 Å². The van der Waals surface area contributed by atoms with Crippen molar-refractivity contribution in [2.24, 2.45) is 0 Å². The zero-order chi connectivity index (χ0) is 6.91. The summed E-state index contributed by atoms with van der Waals surface area (Å²) in [5.41, 5.74) is 0. The summed E-state index contributed by atoms with van der Waals surface area (Å²) >= 11 is 0. The van der Waals surface area contributed by atoms with Crippen LogP contribution < -0.4 is 0 Å². The monoisotopic (exact) mass is 104 g/mol. The second-order valence-corrected chi connectivity index (χ2v) is 1.56. The zero-order valence-corrected chi connectivity index (χ0v) is 4.05. The van der Waals surface area contributed by atoms with E-state index in [1.54, 1.807) is 0 Å². The van der Waals surface area contributed by atoms with E-state index in [9.17, 15) is 0 Å². The molecule has 1 saturated heterocycles. The fraction of sp³-hybridized carbons (Fsp3) is 1.00. The van der Waals surface area contributed by atoms with Crippen molar-refractivity contribution in [3.05, 3.63) is 0 Å². The number of aliphatic hydroxyl groups is 1. The van der Waals surface area contributed by atoms with Gasteiger partial charge in [-0.1, -0.05) is 0 Å². The minimum atomic E-state index is -1.41. The lowest BCUT2D eigenvalue weighted by molar-refractivity contribution is 0.0140. The Balaban J connectivity index is 2.41. The molecule has 0 bridgehead atoms. The first-order valence-electron chi connectivity index (χ1n) is 3.44. The van der Waals surface area contributed by atoms with Crippen LogP contribution in [0.2, 0.25) is 0 Å². The Labute approximate surface area is 45.9 Å². The van der Waals surface area contributed by atoms with E-state index in [0.717, 1.165) is 0 Å². The highest BCUT2D eigenvalue weighted by Gasteiger charge is 2.07.